The Morgan fingerprint density at radius 1 is 0.867 bits per heavy atom. The summed E-state index contributed by atoms with van der Waals surface area (Å²) in [5.41, 5.74) is 6.07. The first-order valence-corrected chi connectivity index (χ1v) is 10.5. The van der Waals surface area contributed by atoms with E-state index in [0.717, 1.165) is 4.31 Å². The number of amides is 1. The van der Waals surface area contributed by atoms with Crippen LogP contribution >= 0.6 is 0 Å². The molecule has 0 heterocycles. The van der Waals surface area contributed by atoms with E-state index in [0.29, 0.717) is 11.3 Å². The van der Waals surface area contributed by atoms with Crippen LogP contribution in [0.3, 0.4) is 0 Å². The molecule has 30 heavy (non-hydrogen) atoms. The number of hydrogen-bond donors (Lipinski definition) is 3. The SMILES string of the molecule is C=C(NNC(=O)CN(c1ccccc1)S(=O)(=O)c1ccccc1)c1ccccc1O. The van der Waals surface area contributed by atoms with Gasteiger partial charge in [0.1, 0.15) is 12.3 Å². The van der Waals surface area contributed by atoms with Crippen molar-refractivity contribution in [3.8, 4) is 5.75 Å². The molecule has 0 aromatic heterocycles. The van der Waals surface area contributed by atoms with E-state index in [1.54, 1.807) is 66.7 Å². The lowest BCUT2D eigenvalue weighted by Crippen LogP contribution is -2.45. The number of rotatable bonds is 8. The highest BCUT2D eigenvalue weighted by Gasteiger charge is 2.27. The molecule has 0 radical (unpaired) electrons. The number of phenols is 1. The Hall–Kier alpha value is -3.78. The van der Waals surface area contributed by atoms with Gasteiger partial charge in [-0.2, -0.15) is 0 Å². The van der Waals surface area contributed by atoms with Crippen LogP contribution in [-0.4, -0.2) is 26.0 Å². The van der Waals surface area contributed by atoms with Crippen molar-refractivity contribution in [2.24, 2.45) is 0 Å². The summed E-state index contributed by atoms with van der Waals surface area (Å²) < 4.78 is 27.3. The molecule has 0 aliphatic carbocycles. The molecule has 8 heteroatoms. The van der Waals surface area contributed by atoms with Crippen LogP contribution < -0.4 is 15.2 Å². The van der Waals surface area contributed by atoms with Crippen LogP contribution in [0.5, 0.6) is 5.75 Å². The van der Waals surface area contributed by atoms with Gasteiger partial charge in [-0.25, -0.2) is 8.42 Å². The number of carbonyl (C=O) groups excluding carboxylic acids is 1. The normalized spacial score (nSPS) is 10.8. The van der Waals surface area contributed by atoms with Gasteiger partial charge in [0.15, 0.2) is 0 Å². The van der Waals surface area contributed by atoms with E-state index in [1.807, 2.05) is 0 Å². The second-order valence-corrected chi connectivity index (χ2v) is 8.19. The van der Waals surface area contributed by atoms with E-state index in [2.05, 4.69) is 17.4 Å². The summed E-state index contributed by atoms with van der Waals surface area (Å²) >= 11 is 0. The van der Waals surface area contributed by atoms with Crippen LogP contribution in [0.1, 0.15) is 5.56 Å². The quantitative estimate of drug-likeness (QED) is 0.484. The molecule has 3 rings (SSSR count). The van der Waals surface area contributed by atoms with E-state index in [-0.39, 0.29) is 16.3 Å². The molecule has 0 saturated carbocycles. The minimum absolute atomic E-state index is 0.00168. The fraction of sp³-hybridized carbons (Fsp3) is 0.0455. The van der Waals surface area contributed by atoms with Crippen molar-refractivity contribution in [1.82, 2.24) is 10.9 Å². The second kappa shape index (κ2) is 9.15. The fourth-order valence-corrected chi connectivity index (χ4v) is 4.18. The van der Waals surface area contributed by atoms with Crippen LogP contribution in [0.2, 0.25) is 0 Å². The maximum atomic E-state index is 13.1. The molecule has 0 unspecified atom stereocenters. The maximum Gasteiger partial charge on any atom is 0.264 e. The zero-order chi connectivity index (χ0) is 21.6. The maximum absolute atomic E-state index is 13.1. The zero-order valence-corrected chi connectivity index (χ0v) is 16.8. The smallest absolute Gasteiger partial charge is 0.264 e. The van der Waals surface area contributed by atoms with Gasteiger partial charge in [-0.3, -0.25) is 20.0 Å². The molecule has 7 nitrogen and oxygen atoms in total. The molecule has 3 N–H and O–H groups in total. The summed E-state index contributed by atoms with van der Waals surface area (Å²) in [5, 5.41) is 9.87. The van der Waals surface area contributed by atoms with Gasteiger partial charge in [0.2, 0.25) is 0 Å². The van der Waals surface area contributed by atoms with E-state index < -0.39 is 22.5 Å². The first kappa shape index (κ1) is 20.9. The Morgan fingerprint density at radius 2 is 1.43 bits per heavy atom. The Balaban J connectivity index is 1.78. The molecule has 0 atom stereocenters. The number of anilines is 1. The molecule has 3 aromatic carbocycles. The summed E-state index contributed by atoms with van der Waals surface area (Å²) in [6.45, 7) is 3.32. The minimum Gasteiger partial charge on any atom is -0.507 e. The summed E-state index contributed by atoms with van der Waals surface area (Å²) in [6.07, 6.45) is 0. The number of carbonyl (C=O) groups is 1. The summed E-state index contributed by atoms with van der Waals surface area (Å²) in [7, 11) is -3.96. The molecule has 1 amide bonds. The number of benzene rings is 3. The van der Waals surface area contributed by atoms with Crippen molar-refractivity contribution in [2.75, 3.05) is 10.8 Å². The number of hydrazine groups is 1. The third-order valence-electron chi connectivity index (χ3n) is 4.24. The van der Waals surface area contributed by atoms with Crippen molar-refractivity contribution >= 4 is 27.3 Å². The van der Waals surface area contributed by atoms with E-state index >= 15 is 0 Å². The van der Waals surface area contributed by atoms with Crippen molar-refractivity contribution in [1.29, 1.82) is 0 Å². The average Bonchev–Trinajstić information content (AvgIpc) is 2.77. The standard InChI is InChI=1S/C22H21N3O4S/c1-17(20-14-8-9-15-21(20)26)23-24-22(27)16-25(18-10-4-2-5-11-18)30(28,29)19-12-6-3-7-13-19/h2-15,23,26H,1,16H2,(H,24,27). The largest absolute Gasteiger partial charge is 0.507 e. The Bertz CT molecular complexity index is 1130. The third-order valence-corrected chi connectivity index (χ3v) is 6.03. The molecule has 0 aliphatic rings. The highest BCUT2D eigenvalue weighted by Crippen LogP contribution is 2.23. The van der Waals surface area contributed by atoms with Gasteiger partial charge in [-0.15, -0.1) is 0 Å². The lowest BCUT2D eigenvalue weighted by molar-refractivity contribution is -0.120. The van der Waals surface area contributed by atoms with Crippen LogP contribution in [0, 0.1) is 0 Å². The molecule has 0 saturated heterocycles. The highest BCUT2D eigenvalue weighted by atomic mass is 32.2. The monoisotopic (exact) mass is 423 g/mol. The molecular weight excluding hydrogens is 402 g/mol. The molecule has 3 aromatic rings. The predicted molar refractivity (Wildman–Crippen MR) is 116 cm³/mol. The van der Waals surface area contributed by atoms with E-state index in [4.69, 9.17) is 0 Å². The van der Waals surface area contributed by atoms with Gasteiger partial charge in [0.05, 0.1) is 16.3 Å². The first-order chi connectivity index (χ1) is 14.4. The van der Waals surface area contributed by atoms with Crippen molar-refractivity contribution in [3.63, 3.8) is 0 Å². The van der Waals surface area contributed by atoms with Crippen LogP contribution in [0.25, 0.3) is 5.70 Å². The van der Waals surface area contributed by atoms with Gasteiger partial charge in [0.25, 0.3) is 15.9 Å². The summed E-state index contributed by atoms with van der Waals surface area (Å²) in [4.78, 5) is 12.6. The number of aromatic hydroxyl groups is 1. The topological polar surface area (TPSA) is 98.7 Å². The summed E-state index contributed by atoms with van der Waals surface area (Å²) in [6, 6.07) is 22.8. The van der Waals surface area contributed by atoms with Crippen LogP contribution in [0.15, 0.2) is 96.4 Å². The number of nitrogens with zero attached hydrogens (tertiary/aromatic N) is 1. The van der Waals surface area contributed by atoms with E-state index in [1.165, 1.54) is 18.2 Å². The number of para-hydroxylation sites is 2. The summed E-state index contributed by atoms with van der Waals surface area (Å²) in [5.74, 6) is -0.600. The van der Waals surface area contributed by atoms with E-state index in [9.17, 15) is 18.3 Å². The van der Waals surface area contributed by atoms with Crippen molar-refractivity contribution < 1.29 is 18.3 Å². The second-order valence-electron chi connectivity index (χ2n) is 6.33. The minimum atomic E-state index is -3.96. The number of sulfonamides is 1. The van der Waals surface area contributed by atoms with Crippen LogP contribution in [-0.2, 0) is 14.8 Å². The average molecular weight is 423 g/mol. The lowest BCUT2D eigenvalue weighted by atomic mass is 10.1. The Morgan fingerprint density at radius 3 is 2.07 bits per heavy atom. The Labute approximate surface area is 175 Å². The highest BCUT2D eigenvalue weighted by molar-refractivity contribution is 7.92. The Kier molecular flexibility index (Phi) is 6.38. The van der Waals surface area contributed by atoms with Crippen LogP contribution in [0.4, 0.5) is 5.69 Å². The fourth-order valence-electron chi connectivity index (χ4n) is 2.74. The van der Waals surface area contributed by atoms with Gasteiger partial charge in [0, 0.05) is 5.56 Å². The number of nitrogens with one attached hydrogen (secondary N) is 2. The molecule has 0 bridgehead atoms. The number of hydrogen-bond acceptors (Lipinski definition) is 5. The number of phenolic OH excluding ortho intramolecular Hbond substituents is 1. The van der Waals surface area contributed by atoms with Gasteiger partial charge in [-0.1, -0.05) is 55.1 Å². The van der Waals surface area contributed by atoms with Gasteiger partial charge < -0.3 is 5.11 Å². The zero-order valence-electron chi connectivity index (χ0n) is 16.0. The molecule has 0 spiro atoms. The van der Waals surface area contributed by atoms with Gasteiger partial charge >= 0.3 is 0 Å². The molecular formula is C22H21N3O4S. The van der Waals surface area contributed by atoms with Gasteiger partial charge in [-0.05, 0) is 36.4 Å². The predicted octanol–water partition coefficient (Wildman–Crippen LogP) is 2.88. The third kappa shape index (κ3) is 4.79. The molecule has 0 aliphatic heterocycles. The lowest BCUT2D eigenvalue weighted by Gasteiger charge is -2.24. The van der Waals surface area contributed by atoms with Crippen molar-refractivity contribution in [2.45, 2.75) is 4.90 Å². The van der Waals surface area contributed by atoms with Crippen molar-refractivity contribution in [3.05, 3.63) is 97.1 Å². The molecule has 0 fully saturated rings. The molecule has 154 valence electrons. The first-order valence-electron chi connectivity index (χ1n) is 9.04.